The summed E-state index contributed by atoms with van der Waals surface area (Å²) in [5.41, 5.74) is 0. The molecule has 1 heterocycles. The van der Waals surface area contributed by atoms with Crippen molar-refractivity contribution < 1.29 is 0 Å². The smallest absolute Gasteiger partial charge is 0.0120 e. The Bertz CT molecular complexity index is 223. The fraction of sp³-hybridized carbons (Fsp3) is 1.00. The molecule has 1 saturated heterocycles. The van der Waals surface area contributed by atoms with Gasteiger partial charge in [0.15, 0.2) is 0 Å². The summed E-state index contributed by atoms with van der Waals surface area (Å²) in [5, 5.41) is 3.64. The van der Waals surface area contributed by atoms with E-state index in [1.807, 2.05) is 0 Å². The lowest BCUT2D eigenvalue weighted by Gasteiger charge is -2.51. The molecule has 0 aromatic heterocycles. The molecule has 1 saturated carbocycles. The molecule has 0 aromatic carbocycles. The Morgan fingerprint density at radius 2 is 1.88 bits per heavy atom. The maximum atomic E-state index is 3.64. The average molecular weight is 224 g/mol. The van der Waals surface area contributed by atoms with Gasteiger partial charge in [0, 0.05) is 24.7 Å². The van der Waals surface area contributed by atoms with Gasteiger partial charge in [-0.25, -0.2) is 0 Å². The van der Waals surface area contributed by atoms with Crippen LogP contribution >= 0.6 is 0 Å². The quantitative estimate of drug-likeness (QED) is 0.792. The van der Waals surface area contributed by atoms with Crippen molar-refractivity contribution in [1.82, 2.24) is 10.2 Å². The molecule has 3 atom stereocenters. The number of hydrogen-bond donors (Lipinski definition) is 1. The number of nitrogens with one attached hydrogen (secondary N) is 1. The van der Waals surface area contributed by atoms with Crippen LogP contribution in [0.4, 0.5) is 0 Å². The highest BCUT2D eigenvalue weighted by atomic mass is 15.2. The van der Waals surface area contributed by atoms with E-state index in [2.05, 4.69) is 37.9 Å². The van der Waals surface area contributed by atoms with E-state index in [9.17, 15) is 0 Å². The summed E-state index contributed by atoms with van der Waals surface area (Å²) < 4.78 is 0. The van der Waals surface area contributed by atoms with Gasteiger partial charge in [-0.05, 0) is 44.6 Å². The SMILES string of the molecule is CCNC1CCN(C2CC(C)C2)C(C)C1C. The van der Waals surface area contributed by atoms with Crippen LogP contribution < -0.4 is 5.32 Å². The number of piperidine rings is 1. The summed E-state index contributed by atoms with van der Waals surface area (Å²) in [4.78, 5) is 2.78. The third-order valence-corrected chi connectivity index (χ3v) is 4.90. The molecule has 16 heavy (non-hydrogen) atoms. The van der Waals surface area contributed by atoms with Gasteiger partial charge in [-0.2, -0.15) is 0 Å². The van der Waals surface area contributed by atoms with E-state index < -0.39 is 0 Å². The standard InChI is InChI=1S/C14H28N2/c1-5-15-14-6-7-16(12(4)11(14)3)13-8-10(2)9-13/h10-15H,5-9H2,1-4H3. The maximum absolute atomic E-state index is 3.64. The number of hydrogen-bond acceptors (Lipinski definition) is 2. The summed E-state index contributed by atoms with van der Waals surface area (Å²) in [6.07, 6.45) is 4.20. The van der Waals surface area contributed by atoms with Crippen molar-refractivity contribution in [2.24, 2.45) is 11.8 Å². The molecule has 0 spiro atoms. The molecule has 1 aliphatic carbocycles. The lowest BCUT2D eigenvalue weighted by molar-refractivity contribution is -0.00277. The molecular formula is C14H28N2. The second-order valence-electron chi connectivity index (χ2n) is 6.02. The molecule has 0 amide bonds. The average Bonchev–Trinajstić information content (AvgIpc) is 2.22. The normalized spacial score (nSPS) is 45.4. The van der Waals surface area contributed by atoms with Gasteiger partial charge in [0.2, 0.25) is 0 Å². The first-order valence-corrected chi connectivity index (χ1v) is 7.12. The molecule has 3 unspecified atom stereocenters. The summed E-state index contributed by atoms with van der Waals surface area (Å²) in [7, 11) is 0. The van der Waals surface area contributed by atoms with E-state index >= 15 is 0 Å². The Balaban J connectivity index is 1.89. The zero-order valence-corrected chi connectivity index (χ0v) is 11.4. The van der Waals surface area contributed by atoms with Crippen LogP contribution in [0.15, 0.2) is 0 Å². The van der Waals surface area contributed by atoms with E-state index in [4.69, 9.17) is 0 Å². The van der Waals surface area contributed by atoms with Gasteiger partial charge in [0.05, 0.1) is 0 Å². The van der Waals surface area contributed by atoms with Crippen LogP contribution in [0.3, 0.4) is 0 Å². The van der Waals surface area contributed by atoms with Crippen LogP contribution in [0.2, 0.25) is 0 Å². The largest absolute Gasteiger partial charge is 0.314 e. The highest BCUT2D eigenvalue weighted by Crippen LogP contribution is 2.36. The van der Waals surface area contributed by atoms with Crippen LogP contribution in [-0.4, -0.2) is 36.1 Å². The Morgan fingerprint density at radius 1 is 1.19 bits per heavy atom. The fourth-order valence-electron chi connectivity index (χ4n) is 3.59. The van der Waals surface area contributed by atoms with E-state index in [0.29, 0.717) is 0 Å². The third kappa shape index (κ3) is 2.28. The fourth-order valence-corrected chi connectivity index (χ4v) is 3.59. The van der Waals surface area contributed by atoms with Gasteiger partial charge < -0.3 is 5.32 Å². The van der Waals surface area contributed by atoms with Crippen molar-refractivity contribution in [1.29, 1.82) is 0 Å². The zero-order chi connectivity index (χ0) is 11.7. The van der Waals surface area contributed by atoms with E-state index in [0.717, 1.165) is 36.5 Å². The summed E-state index contributed by atoms with van der Waals surface area (Å²) in [6.45, 7) is 11.9. The monoisotopic (exact) mass is 224 g/mol. The molecule has 94 valence electrons. The van der Waals surface area contributed by atoms with E-state index in [-0.39, 0.29) is 0 Å². The highest BCUT2D eigenvalue weighted by Gasteiger charge is 2.39. The molecule has 0 bridgehead atoms. The van der Waals surface area contributed by atoms with Gasteiger partial charge in [-0.1, -0.05) is 20.8 Å². The Morgan fingerprint density at radius 3 is 2.44 bits per heavy atom. The molecule has 0 radical (unpaired) electrons. The first kappa shape index (κ1) is 12.4. The van der Waals surface area contributed by atoms with Crippen molar-refractivity contribution in [3.63, 3.8) is 0 Å². The Kier molecular flexibility index (Phi) is 3.91. The van der Waals surface area contributed by atoms with Crippen LogP contribution in [0.5, 0.6) is 0 Å². The molecular weight excluding hydrogens is 196 g/mol. The lowest BCUT2D eigenvalue weighted by atomic mass is 9.77. The maximum Gasteiger partial charge on any atom is 0.0120 e. The molecule has 2 fully saturated rings. The van der Waals surface area contributed by atoms with Gasteiger partial charge in [-0.3, -0.25) is 4.90 Å². The third-order valence-electron chi connectivity index (χ3n) is 4.90. The minimum Gasteiger partial charge on any atom is -0.314 e. The minimum absolute atomic E-state index is 0.744. The highest BCUT2D eigenvalue weighted by molar-refractivity contribution is 4.95. The lowest BCUT2D eigenvalue weighted by Crippen LogP contribution is -2.58. The molecule has 0 aromatic rings. The first-order valence-electron chi connectivity index (χ1n) is 7.12. The van der Waals surface area contributed by atoms with Crippen LogP contribution in [0, 0.1) is 11.8 Å². The van der Waals surface area contributed by atoms with Crippen LogP contribution in [-0.2, 0) is 0 Å². The summed E-state index contributed by atoms with van der Waals surface area (Å²) in [6, 6.07) is 2.40. The van der Waals surface area contributed by atoms with Crippen molar-refractivity contribution in [2.75, 3.05) is 13.1 Å². The molecule has 1 N–H and O–H groups in total. The Labute approximate surface area is 101 Å². The molecule has 2 nitrogen and oxygen atoms in total. The van der Waals surface area contributed by atoms with E-state index in [1.165, 1.54) is 25.8 Å². The Hall–Kier alpha value is -0.0800. The molecule has 2 aliphatic rings. The van der Waals surface area contributed by atoms with E-state index in [1.54, 1.807) is 0 Å². The summed E-state index contributed by atoms with van der Waals surface area (Å²) in [5.74, 6) is 1.77. The summed E-state index contributed by atoms with van der Waals surface area (Å²) >= 11 is 0. The number of likely N-dealkylation sites (tertiary alicyclic amines) is 1. The van der Waals surface area contributed by atoms with Gasteiger partial charge >= 0.3 is 0 Å². The van der Waals surface area contributed by atoms with Crippen molar-refractivity contribution in [3.8, 4) is 0 Å². The van der Waals surface area contributed by atoms with Crippen molar-refractivity contribution in [2.45, 2.75) is 65.1 Å². The molecule has 2 heteroatoms. The van der Waals surface area contributed by atoms with Crippen molar-refractivity contribution in [3.05, 3.63) is 0 Å². The van der Waals surface area contributed by atoms with Crippen LogP contribution in [0.25, 0.3) is 0 Å². The number of rotatable bonds is 3. The molecule has 2 rings (SSSR count). The second-order valence-corrected chi connectivity index (χ2v) is 6.02. The topological polar surface area (TPSA) is 15.3 Å². The number of nitrogens with zero attached hydrogens (tertiary/aromatic N) is 1. The molecule has 1 aliphatic heterocycles. The predicted molar refractivity (Wildman–Crippen MR) is 69.6 cm³/mol. The predicted octanol–water partition coefficient (Wildman–Crippen LogP) is 2.49. The minimum atomic E-state index is 0.744. The van der Waals surface area contributed by atoms with Gasteiger partial charge in [-0.15, -0.1) is 0 Å². The zero-order valence-electron chi connectivity index (χ0n) is 11.4. The van der Waals surface area contributed by atoms with Crippen molar-refractivity contribution >= 4 is 0 Å². The first-order chi connectivity index (χ1) is 7.63. The second kappa shape index (κ2) is 5.05. The van der Waals surface area contributed by atoms with Crippen LogP contribution in [0.1, 0.15) is 47.0 Å². The van der Waals surface area contributed by atoms with Gasteiger partial charge in [0.25, 0.3) is 0 Å². The van der Waals surface area contributed by atoms with Gasteiger partial charge in [0.1, 0.15) is 0 Å².